The van der Waals surface area contributed by atoms with Crippen LogP contribution in [0.1, 0.15) is 17.0 Å². The molecule has 2 aromatic rings. The lowest BCUT2D eigenvalue weighted by atomic mass is 9.78. The van der Waals surface area contributed by atoms with E-state index in [2.05, 4.69) is 16.7 Å². The van der Waals surface area contributed by atoms with E-state index >= 15 is 0 Å². The molecular formula is C23H20ClN3O4S. The molecule has 2 amide bonds. The summed E-state index contributed by atoms with van der Waals surface area (Å²) >= 11 is 7.34. The quantitative estimate of drug-likeness (QED) is 0.492. The summed E-state index contributed by atoms with van der Waals surface area (Å²) in [6, 6.07) is 16.1. The van der Waals surface area contributed by atoms with Gasteiger partial charge in [-0.2, -0.15) is 5.26 Å². The topological polar surface area (TPSA) is 108 Å². The molecule has 1 heterocycles. The highest BCUT2D eigenvalue weighted by molar-refractivity contribution is 8.03. The van der Waals surface area contributed by atoms with Crippen LogP contribution in [0.2, 0.25) is 5.02 Å². The average molecular weight is 470 g/mol. The van der Waals surface area contributed by atoms with E-state index in [-0.39, 0.29) is 22.3 Å². The van der Waals surface area contributed by atoms with Gasteiger partial charge in [-0.25, -0.2) is 0 Å². The summed E-state index contributed by atoms with van der Waals surface area (Å²) in [6.07, 6.45) is 0. The first-order chi connectivity index (χ1) is 15.4. The zero-order valence-corrected chi connectivity index (χ0v) is 18.9. The molecule has 0 fully saturated rings. The van der Waals surface area contributed by atoms with Crippen molar-refractivity contribution in [1.82, 2.24) is 5.32 Å². The number of esters is 1. The van der Waals surface area contributed by atoms with Crippen molar-refractivity contribution in [2.24, 2.45) is 5.92 Å². The van der Waals surface area contributed by atoms with Crippen LogP contribution in [-0.2, 0) is 19.1 Å². The first-order valence-corrected chi connectivity index (χ1v) is 11.0. The molecule has 0 aromatic heterocycles. The summed E-state index contributed by atoms with van der Waals surface area (Å²) in [4.78, 5) is 37.7. The third-order valence-corrected chi connectivity index (χ3v) is 6.35. The van der Waals surface area contributed by atoms with Gasteiger partial charge >= 0.3 is 5.97 Å². The molecule has 2 aromatic carbocycles. The number of anilines is 1. The minimum Gasteiger partial charge on any atom is -0.468 e. The molecule has 0 radical (unpaired) electrons. The van der Waals surface area contributed by atoms with Crippen LogP contribution >= 0.6 is 23.4 Å². The summed E-state index contributed by atoms with van der Waals surface area (Å²) in [7, 11) is 1.18. The van der Waals surface area contributed by atoms with E-state index in [4.69, 9.17) is 16.3 Å². The number of halogens is 1. The van der Waals surface area contributed by atoms with Gasteiger partial charge in [0.15, 0.2) is 0 Å². The van der Waals surface area contributed by atoms with Crippen LogP contribution in [0.15, 0.2) is 59.1 Å². The van der Waals surface area contributed by atoms with Crippen molar-refractivity contribution >= 4 is 46.8 Å². The lowest BCUT2D eigenvalue weighted by Gasteiger charge is -2.31. The van der Waals surface area contributed by atoms with E-state index in [9.17, 15) is 19.6 Å². The van der Waals surface area contributed by atoms with Crippen molar-refractivity contribution in [2.45, 2.75) is 12.8 Å². The van der Waals surface area contributed by atoms with Crippen molar-refractivity contribution in [3.05, 3.63) is 75.3 Å². The van der Waals surface area contributed by atoms with E-state index in [0.717, 1.165) is 17.3 Å². The zero-order valence-electron chi connectivity index (χ0n) is 17.3. The maximum atomic E-state index is 12.8. The Kier molecular flexibility index (Phi) is 7.57. The van der Waals surface area contributed by atoms with Crippen LogP contribution in [0.5, 0.6) is 0 Å². The Bertz CT molecular complexity index is 1140. The number of amides is 2. The van der Waals surface area contributed by atoms with E-state index in [0.29, 0.717) is 16.3 Å². The SMILES string of the molecule is COC(=O)[C@@H]1C(=O)NC(SCC(=O)Nc2ccccc2C)=C(C#N)[C@@H]1c1ccccc1Cl. The number of allylic oxidation sites excluding steroid dienone is 1. The van der Waals surface area contributed by atoms with E-state index in [1.165, 1.54) is 7.11 Å². The Morgan fingerprint density at radius 1 is 1.22 bits per heavy atom. The number of rotatable bonds is 6. The maximum Gasteiger partial charge on any atom is 0.319 e. The number of thioether (sulfide) groups is 1. The van der Waals surface area contributed by atoms with Gasteiger partial charge in [-0.3, -0.25) is 14.4 Å². The zero-order chi connectivity index (χ0) is 23.3. The summed E-state index contributed by atoms with van der Waals surface area (Å²) in [5.74, 6) is -3.96. The number of benzene rings is 2. The molecule has 0 saturated carbocycles. The number of nitrogens with one attached hydrogen (secondary N) is 2. The number of carbonyl (C=O) groups is 3. The van der Waals surface area contributed by atoms with E-state index in [1.54, 1.807) is 30.3 Å². The van der Waals surface area contributed by atoms with Crippen molar-refractivity contribution < 1.29 is 19.1 Å². The van der Waals surface area contributed by atoms with Crippen molar-refractivity contribution in [3.63, 3.8) is 0 Å². The normalized spacial score (nSPS) is 17.9. The van der Waals surface area contributed by atoms with E-state index < -0.39 is 23.7 Å². The summed E-state index contributed by atoms with van der Waals surface area (Å²) < 4.78 is 4.81. The van der Waals surface area contributed by atoms with Crippen LogP contribution in [0, 0.1) is 24.2 Å². The molecule has 1 aliphatic rings. The van der Waals surface area contributed by atoms with Crippen LogP contribution in [0.4, 0.5) is 5.69 Å². The van der Waals surface area contributed by atoms with Crippen LogP contribution in [0.25, 0.3) is 0 Å². The average Bonchev–Trinajstić information content (AvgIpc) is 2.78. The Morgan fingerprint density at radius 2 is 1.91 bits per heavy atom. The van der Waals surface area contributed by atoms with Gasteiger partial charge in [-0.05, 0) is 30.2 Å². The predicted octanol–water partition coefficient (Wildman–Crippen LogP) is 3.76. The number of nitriles is 1. The first kappa shape index (κ1) is 23.4. The van der Waals surface area contributed by atoms with Gasteiger partial charge in [0, 0.05) is 16.6 Å². The highest BCUT2D eigenvalue weighted by Gasteiger charge is 2.45. The summed E-state index contributed by atoms with van der Waals surface area (Å²) in [5, 5.41) is 15.8. The molecule has 0 saturated heterocycles. The van der Waals surface area contributed by atoms with Crippen molar-refractivity contribution in [3.8, 4) is 6.07 Å². The fourth-order valence-corrected chi connectivity index (χ4v) is 4.52. The highest BCUT2D eigenvalue weighted by Crippen LogP contribution is 2.42. The number of nitrogens with zero attached hydrogens (tertiary/aromatic N) is 1. The molecule has 3 rings (SSSR count). The largest absolute Gasteiger partial charge is 0.468 e. The summed E-state index contributed by atoms with van der Waals surface area (Å²) in [6.45, 7) is 1.88. The lowest BCUT2D eigenvalue weighted by molar-refractivity contribution is -0.150. The molecule has 0 spiro atoms. The molecule has 32 heavy (non-hydrogen) atoms. The number of aryl methyl sites for hydroxylation is 1. The van der Waals surface area contributed by atoms with Gasteiger partial charge in [0.05, 0.1) is 29.5 Å². The third-order valence-electron chi connectivity index (χ3n) is 4.99. The molecule has 2 atom stereocenters. The minimum absolute atomic E-state index is 0.0484. The Labute approximate surface area is 194 Å². The minimum atomic E-state index is -1.28. The van der Waals surface area contributed by atoms with Crippen molar-refractivity contribution in [2.75, 3.05) is 18.2 Å². The number of carbonyl (C=O) groups excluding carboxylic acids is 3. The Balaban J connectivity index is 1.92. The standard InChI is InChI=1S/C23H20ClN3O4S/c1-13-7-3-6-10-17(13)26-18(28)12-32-22-15(11-25)19(14-8-4-5-9-16(14)24)20(21(29)27-22)23(30)31-2/h3-10,19-20H,12H2,1-2H3,(H,26,28)(H,27,29)/t19-,20-/m0/s1. The molecular weight excluding hydrogens is 450 g/mol. The van der Waals surface area contributed by atoms with Gasteiger partial charge in [0.25, 0.3) is 0 Å². The molecule has 2 N–H and O–H groups in total. The molecule has 0 aliphatic carbocycles. The second kappa shape index (κ2) is 10.4. The molecule has 0 bridgehead atoms. The molecule has 7 nitrogen and oxygen atoms in total. The second-order valence-corrected chi connectivity index (χ2v) is 8.39. The van der Waals surface area contributed by atoms with Gasteiger partial charge in [0.2, 0.25) is 11.8 Å². The Hall–Kier alpha value is -3.28. The number of hydrogen-bond acceptors (Lipinski definition) is 6. The number of hydrogen-bond donors (Lipinski definition) is 2. The van der Waals surface area contributed by atoms with Gasteiger partial charge in [-0.1, -0.05) is 59.8 Å². The molecule has 1 aliphatic heterocycles. The van der Waals surface area contributed by atoms with Crippen LogP contribution < -0.4 is 10.6 Å². The number of ether oxygens (including phenoxy) is 1. The Morgan fingerprint density at radius 3 is 2.56 bits per heavy atom. The molecule has 164 valence electrons. The fraction of sp³-hybridized carbons (Fsp3) is 0.217. The van der Waals surface area contributed by atoms with Crippen LogP contribution in [-0.4, -0.2) is 30.6 Å². The van der Waals surface area contributed by atoms with Gasteiger partial charge in [0.1, 0.15) is 5.92 Å². The predicted molar refractivity (Wildman–Crippen MR) is 123 cm³/mol. The third kappa shape index (κ3) is 4.96. The molecule has 9 heteroatoms. The highest BCUT2D eigenvalue weighted by atomic mass is 35.5. The van der Waals surface area contributed by atoms with Crippen molar-refractivity contribution in [1.29, 1.82) is 5.26 Å². The number of methoxy groups -OCH3 is 1. The maximum absolute atomic E-state index is 12.8. The van der Waals surface area contributed by atoms with Gasteiger partial charge < -0.3 is 15.4 Å². The monoisotopic (exact) mass is 469 g/mol. The molecule has 0 unspecified atom stereocenters. The number of para-hydroxylation sites is 1. The second-order valence-electron chi connectivity index (χ2n) is 7.00. The van der Waals surface area contributed by atoms with Gasteiger partial charge in [-0.15, -0.1) is 0 Å². The fourth-order valence-electron chi connectivity index (χ4n) is 3.42. The summed E-state index contributed by atoms with van der Waals surface area (Å²) in [5.41, 5.74) is 2.19. The first-order valence-electron chi connectivity index (χ1n) is 9.63. The van der Waals surface area contributed by atoms with Crippen LogP contribution in [0.3, 0.4) is 0 Å². The smallest absolute Gasteiger partial charge is 0.319 e. The van der Waals surface area contributed by atoms with E-state index in [1.807, 2.05) is 25.1 Å². The lowest BCUT2D eigenvalue weighted by Crippen LogP contribution is -2.44.